The molecule has 1 aliphatic rings. The van der Waals surface area contributed by atoms with Gasteiger partial charge in [-0.05, 0) is 25.1 Å². The average Bonchev–Trinajstić information content (AvgIpc) is 2.69. The monoisotopic (exact) mass is 256 g/mol. The van der Waals surface area contributed by atoms with Gasteiger partial charge in [0, 0.05) is 5.69 Å². The molecule has 0 atom stereocenters. The van der Waals surface area contributed by atoms with Crippen molar-refractivity contribution in [3.63, 3.8) is 0 Å². The molecule has 1 aromatic carbocycles. The lowest BCUT2D eigenvalue weighted by Gasteiger charge is -2.17. The van der Waals surface area contributed by atoms with Gasteiger partial charge in [0.05, 0.1) is 11.8 Å². The van der Waals surface area contributed by atoms with Gasteiger partial charge in [0.25, 0.3) is 5.91 Å². The quantitative estimate of drug-likeness (QED) is 0.884. The van der Waals surface area contributed by atoms with E-state index in [1.54, 1.807) is 37.3 Å². The number of nitrogens with zero attached hydrogens (tertiary/aromatic N) is 3. The summed E-state index contributed by atoms with van der Waals surface area (Å²) < 4.78 is 0. The van der Waals surface area contributed by atoms with Gasteiger partial charge in [-0.25, -0.2) is 0 Å². The van der Waals surface area contributed by atoms with Crippen LogP contribution in [0.25, 0.3) is 0 Å². The van der Waals surface area contributed by atoms with E-state index in [1.165, 1.54) is 4.90 Å². The Labute approximate surface area is 110 Å². The van der Waals surface area contributed by atoms with Crippen LogP contribution in [0.15, 0.2) is 29.3 Å². The molecule has 96 valence electrons. The fraction of sp³-hybridized carbons (Fsp3) is 0.231. The standard InChI is InChI=1S/C13H12N4O2/c1-9-15-8-13(19)17(9)11-4-2-3-10(7-11)16-12(18)5-6-14/h2-4,7H,5,8H2,1H3,(H,16,18). The first kappa shape index (κ1) is 12.8. The maximum Gasteiger partial charge on any atom is 0.254 e. The molecular weight excluding hydrogens is 244 g/mol. The lowest BCUT2D eigenvalue weighted by molar-refractivity contribution is -0.116. The summed E-state index contributed by atoms with van der Waals surface area (Å²) in [5.41, 5.74) is 1.20. The van der Waals surface area contributed by atoms with E-state index in [0.717, 1.165) is 0 Å². The normalized spacial score (nSPS) is 14.0. The molecule has 6 nitrogen and oxygen atoms in total. The molecular formula is C13H12N4O2. The Hall–Kier alpha value is -2.68. The molecule has 0 spiro atoms. The minimum atomic E-state index is -0.377. The molecule has 0 unspecified atom stereocenters. The number of hydrogen-bond acceptors (Lipinski definition) is 4. The van der Waals surface area contributed by atoms with Gasteiger partial charge in [-0.15, -0.1) is 0 Å². The van der Waals surface area contributed by atoms with Gasteiger partial charge in [0.1, 0.15) is 18.8 Å². The van der Waals surface area contributed by atoms with E-state index >= 15 is 0 Å². The van der Waals surface area contributed by atoms with Gasteiger partial charge in [-0.1, -0.05) is 6.07 Å². The van der Waals surface area contributed by atoms with Crippen molar-refractivity contribution in [3.8, 4) is 6.07 Å². The smallest absolute Gasteiger partial charge is 0.254 e. The van der Waals surface area contributed by atoms with E-state index in [4.69, 9.17) is 5.26 Å². The largest absolute Gasteiger partial charge is 0.325 e. The molecule has 1 N–H and O–H groups in total. The number of nitrogens with one attached hydrogen (secondary N) is 1. The lowest BCUT2D eigenvalue weighted by Crippen LogP contribution is -2.30. The number of benzene rings is 1. The molecule has 1 heterocycles. The molecule has 2 rings (SSSR count). The highest BCUT2D eigenvalue weighted by atomic mass is 16.2. The zero-order chi connectivity index (χ0) is 13.8. The molecule has 1 aromatic rings. The number of rotatable bonds is 3. The second-order valence-electron chi connectivity index (χ2n) is 4.03. The van der Waals surface area contributed by atoms with E-state index in [9.17, 15) is 9.59 Å². The van der Waals surface area contributed by atoms with Crippen molar-refractivity contribution in [3.05, 3.63) is 24.3 Å². The summed E-state index contributed by atoms with van der Waals surface area (Å²) in [5.74, 6) is 0.154. The number of amides is 2. The van der Waals surface area contributed by atoms with Crippen LogP contribution < -0.4 is 10.2 Å². The summed E-state index contributed by atoms with van der Waals surface area (Å²) in [6.07, 6.45) is -0.201. The summed E-state index contributed by atoms with van der Waals surface area (Å²) >= 11 is 0. The van der Waals surface area contributed by atoms with Crippen molar-refractivity contribution in [1.29, 1.82) is 5.26 Å². The van der Waals surface area contributed by atoms with Crippen molar-refractivity contribution in [2.24, 2.45) is 4.99 Å². The van der Waals surface area contributed by atoms with Crippen LogP contribution in [-0.2, 0) is 9.59 Å². The number of hydrogen-bond donors (Lipinski definition) is 1. The third-order valence-electron chi connectivity index (χ3n) is 2.64. The van der Waals surface area contributed by atoms with E-state index in [-0.39, 0.29) is 24.8 Å². The van der Waals surface area contributed by atoms with Gasteiger partial charge in [0.2, 0.25) is 5.91 Å². The number of carbonyl (C=O) groups is 2. The van der Waals surface area contributed by atoms with Crippen LogP contribution in [0.2, 0.25) is 0 Å². The SMILES string of the molecule is CC1=NCC(=O)N1c1cccc(NC(=O)CC#N)c1. The van der Waals surface area contributed by atoms with Gasteiger partial charge < -0.3 is 5.32 Å². The fourth-order valence-corrected chi connectivity index (χ4v) is 1.83. The van der Waals surface area contributed by atoms with E-state index in [0.29, 0.717) is 17.2 Å². The van der Waals surface area contributed by atoms with Crippen LogP contribution in [0.3, 0.4) is 0 Å². The van der Waals surface area contributed by atoms with Crippen LogP contribution in [-0.4, -0.2) is 24.2 Å². The van der Waals surface area contributed by atoms with Crippen molar-refractivity contribution in [1.82, 2.24) is 0 Å². The van der Waals surface area contributed by atoms with E-state index in [1.807, 2.05) is 0 Å². The second-order valence-corrected chi connectivity index (χ2v) is 4.03. The minimum Gasteiger partial charge on any atom is -0.325 e. The lowest BCUT2D eigenvalue weighted by atomic mass is 10.2. The van der Waals surface area contributed by atoms with E-state index < -0.39 is 0 Å². The molecule has 6 heteroatoms. The summed E-state index contributed by atoms with van der Waals surface area (Å²) in [7, 11) is 0. The number of anilines is 2. The van der Waals surface area contributed by atoms with Gasteiger partial charge in [-0.2, -0.15) is 5.26 Å². The summed E-state index contributed by atoms with van der Waals surface area (Å²) in [6, 6.07) is 8.65. The van der Waals surface area contributed by atoms with Crippen LogP contribution in [0.5, 0.6) is 0 Å². The van der Waals surface area contributed by atoms with E-state index in [2.05, 4.69) is 10.3 Å². The third-order valence-corrected chi connectivity index (χ3v) is 2.64. The van der Waals surface area contributed by atoms with Crippen molar-refractivity contribution in [2.75, 3.05) is 16.8 Å². The molecule has 0 bridgehead atoms. The predicted molar refractivity (Wildman–Crippen MR) is 70.8 cm³/mol. The van der Waals surface area contributed by atoms with Crippen molar-refractivity contribution >= 4 is 29.0 Å². The average molecular weight is 256 g/mol. The third kappa shape index (κ3) is 2.77. The summed E-state index contributed by atoms with van der Waals surface area (Å²) in [6.45, 7) is 1.91. The first-order valence-electron chi connectivity index (χ1n) is 5.72. The van der Waals surface area contributed by atoms with Crippen LogP contribution in [0.4, 0.5) is 11.4 Å². The zero-order valence-corrected chi connectivity index (χ0v) is 10.4. The van der Waals surface area contributed by atoms with Gasteiger partial charge in [-0.3, -0.25) is 19.5 Å². The van der Waals surface area contributed by atoms with Crippen LogP contribution in [0, 0.1) is 11.3 Å². The Morgan fingerprint density at radius 2 is 2.37 bits per heavy atom. The first-order chi connectivity index (χ1) is 9.11. The first-order valence-corrected chi connectivity index (χ1v) is 5.72. The molecule has 0 aliphatic carbocycles. The Morgan fingerprint density at radius 3 is 3.00 bits per heavy atom. The second kappa shape index (κ2) is 5.31. The highest BCUT2D eigenvalue weighted by molar-refractivity contribution is 6.20. The molecule has 0 saturated heterocycles. The van der Waals surface area contributed by atoms with Gasteiger partial charge >= 0.3 is 0 Å². The molecule has 19 heavy (non-hydrogen) atoms. The summed E-state index contributed by atoms with van der Waals surface area (Å²) in [5, 5.41) is 11.0. The number of aliphatic imine (C=N–C) groups is 1. The highest BCUT2D eigenvalue weighted by Crippen LogP contribution is 2.22. The number of carbonyl (C=O) groups excluding carboxylic acids is 2. The number of amidine groups is 1. The topological polar surface area (TPSA) is 85.6 Å². The minimum absolute atomic E-state index is 0.0991. The number of nitriles is 1. The molecule has 0 fully saturated rings. The molecule has 0 aromatic heterocycles. The van der Waals surface area contributed by atoms with Crippen LogP contribution >= 0.6 is 0 Å². The van der Waals surface area contributed by atoms with Crippen molar-refractivity contribution in [2.45, 2.75) is 13.3 Å². The van der Waals surface area contributed by atoms with Crippen LogP contribution in [0.1, 0.15) is 13.3 Å². The Balaban J connectivity index is 2.20. The molecule has 2 amide bonds. The maximum atomic E-state index is 11.7. The maximum absolute atomic E-state index is 11.7. The summed E-state index contributed by atoms with van der Waals surface area (Å²) in [4.78, 5) is 28.6. The molecule has 0 radical (unpaired) electrons. The van der Waals surface area contributed by atoms with Crippen molar-refractivity contribution < 1.29 is 9.59 Å². The zero-order valence-electron chi connectivity index (χ0n) is 10.4. The predicted octanol–water partition coefficient (Wildman–Crippen LogP) is 1.30. The Kier molecular flexibility index (Phi) is 3.57. The van der Waals surface area contributed by atoms with Gasteiger partial charge in [0.15, 0.2) is 0 Å². The Morgan fingerprint density at radius 1 is 1.58 bits per heavy atom. The Bertz CT molecular complexity index is 601. The molecule has 0 saturated carbocycles. The fourth-order valence-electron chi connectivity index (χ4n) is 1.83. The molecule has 1 aliphatic heterocycles. The highest BCUT2D eigenvalue weighted by Gasteiger charge is 2.23.